The minimum atomic E-state index is -3.80. The maximum absolute atomic E-state index is 11.9. The summed E-state index contributed by atoms with van der Waals surface area (Å²) in [5.74, 6) is -1.26. The van der Waals surface area contributed by atoms with Crippen molar-refractivity contribution in [3.8, 4) is 0 Å². The second-order valence-corrected chi connectivity index (χ2v) is 6.93. The van der Waals surface area contributed by atoms with Gasteiger partial charge in [0, 0.05) is 10.6 Å². The Hall–Kier alpha value is -2.22. The zero-order valence-corrected chi connectivity index (χ0v) is 14.0. The topological polar surface area (TPSA) is 89.5 Å². The third-order valence-electron chi connectivity index (χ3n) is 2.99. The Labute approximate surface area is 144 Å². The monoisotopic (exact) mass is 367 g/mol. The number of hydrogen-bond acceptors (Lipinski definition) is 5. The molecule has 0 atom stereocenters. The Balaban J connectivity index is 1.83. The van der Waals surface area contributed by atoms with E-state index in [1.165, 1.54) is 24.3 Å². The van der Waals surface area contributed by atoms with Crippen LogP contribution >= 0.6 is 11.6 Å². The van der Waals surface area contributed by atoms with E-state index in [0.29, 0.717) is 10.6 Å². The lowest BCUT2D eigenvalue weighted by Crippen LogP contribution is -2.31. The third kappa shape index (κ3) is 5.16. The fourth-order valence-electron chi connectivity index (χ4n) is 1.75. The van der Waals surface area contributed by atoms with Crippen molar-refractivity contribution in [1.29, 1.82) is 0 Å². The van der Waals surface area contributed by atoms with Gasteiger partial charge in [-0.2, -0.15) is 4.72 Å². The normalized spacial score (nSPS) is 11.0. The fraction of sp³-hybridized carbons (Fsp3) is 0.125. The number of esters is 1. The van der Waals surface area contributed by atoms with Gasteiger partial charge >= 0.3 is 5.97 Å². The lowest BCUT2D eigenvalue weighted by atomic mass is 10.1. The van der Waals surface area contributed by atoms with Crippen molar-refractivity contribution in [3.05, 3.63) is 65.2 Å². The maximum atomic E-state index is 11.9. The first-order valence-electron chi connectivity index (χ1n) is 6.87. The summed E-state index contributed by atoms with van der Waals surface area (Å²) in [6.45, 7) is -1.04. The van der Waals surface area contributed by atoms with Gasteiger partial charge in [0.05, 0.1) is 4.90 Å². The first kappa shape index (κ1) is 18.1. The summed E-state index contributed by atoms with van der Waals surface area (Å²) in [6, 6.07) is 13.7. The van der Waals surface area contributed by atoms with Crippen LogP contribution in [0.1, 0.15) is 10.4 Å². The molecule has 0 radical (unpaired) electrons. The van der Waals surface area contributed by atoms with E-state index in [1.807, 2.05) is 0 Å². The molecule has 0 bridgehead atoms. The van der Waals surface area contributed by atoms with E-state index in [4.69, 9.17) is 16.3 Å². The Morgan fingerprint density at radius 3 is 2.25 bits per heavy atom. The zero-order chi connectivity index (χ0) is 17.6. The molecule has 0 unspecified atom stereocenters. The van der Waals surface area contributed by atoms with Crippen molar-refractivity contribution in [3.63, 3.8) is 0 Å². The number of benzene rings is 2. The number of nitrogens with one attached hydrogen (secondary N) is 1. The van der Waals surface area contributed by atoms with Gasteiger partial charge in [-0.15, -0.1) is 0 Å². The molecule has 8 heteroatoms. The summed E-state index contributed by atoms with van der Waals surface area (Å²) in [5.41, 5.74) is 0.345. The molecule has 24 heavy (non-hydrogen) atoms. The molecule has 6 nitrogen and oxygen atoms in total. The molecular formula is C16H14ClNO5S. The zero-order valence-electron chi connectivity index (χ0n) is 12.4. The summed E-state index contributed by atoms with van der Waals surface area (Å²) in [6.07, 6.45) is 0. The van der Waals surface area contributed by atoms with Gasteiger partial charge < -0.3 is 4.74 Å². The number of Topliss-reactive ketones (excluding diaryl/α,β-unsaturated/α-hetero) is 1. The van der Waals surface area contributed by atoms with E-state index in [-0.39, 0.29) is 4.90 Å². The summed E-state index contributed by atoms with van der Waals surface area (Å²) in [7, 11) is -3.80. The van der Waals surface area contributed by atoms with E-state index in [2.05, 4.69) is 4.72 Å². The molecule has 0 saturated heterocycles. The van der Waals surface area contributed by atoms with Crippen LogP contribution in [0.25, 0.3) is 0 Å². The van der Waals surface area contributed by atoms with Crippen molar-refractivity contribution in [1.82, 2.24) is 4.72 Å². The van der Waals surface area contributed by atoms with E-state index in [1.54, 1.807) is 30.3 Å². The highest BCUT2D eigenvalue weighted by atomic mass is 35.5. The van der Waals surface area contributed by atoms with Gasteiger partial charge in [0.15, 0.2) is 12.4 Å². The number of ketones is 1. The molecule has 0 spiro atoms. The highest BCUT2D eigenvalue weighted by Gasteiger charge is 2.16. The van der Waals surface area contributed by atoms with Crippen molar-refractivity contribution in [2.45, 2.75) is 4.90 Å². The molecule has 0 amide bonds. The van der Waals surface area contributed by atoms with Gasteiger partial charge in [-0.25, -0.2) is 8.42 Å². The van der Waals surface area contributed by atoms with Gasteiger partial charge in [-0.1, -0.05) is 29.8 Å². The molecule has 2 rings (SSSR count). The van der Waals surface area contributed by atoms with E-state index in [0.717, 1.165) is 0 Å². The minimum absolute atomic E-state index is 0.0371. The molecule has 0 fully saturated rings. The number of ether oxygens (including phenoxy) is 1. The SMILES string of the molecule is O=C(CNS(=O)(=O)c1ccccc1)OCC(=O)c1ccc(Cl)cc1. The van der Waals surface area contributed by atoms with Crippen LogP contribution < -0.4 is 4.72 Å². The fourth-order valence-corrected chi connectivity index (χ4v) is 2.87. The molecule has 2 aromatic rings. The maximum Gasteiger partial charge on any atom is 0.321 e. The molecule has 0 saturated carbocycles. The molecule has 0 heterocycles. The van der Waals surface area contributed by atoms with E-state index >= 15 is 0 Å². The first-order valence-corrected chi connectivity index (χ1v) is 8.74. The van der Waals surface area contributed by atoms with Gasteiger partial charge in [0.1, 0.15) is 6.54 Å². The largest absolute Gasteiger partial charge is 0.456 e. The lowest BCUT2D eigenvalue weighted by Gasteiger charge is -2.07. The van der Waals surface area contributed by atoms with Crippen LogP contribution in [0.15, 0.2) is 59.5 Å². The predicted octanol–water partition coefficient (Wildman–Crippen LogP) is 2.04. The van der Waals surface area contributed by atoms with Crippen LogP contribution in [-0.2, 0) is 19.6 Å². The Morgan fingerprint density at radius 2 is 1.62 bits per heavy atom. The number of sulfonamides is 1. The molecule has 2 aromatic carbocycles. The molecule has 126 valence electrons. The molecule has 0 aliphatic heterocycles. The van der Waals surface area contributed by atoms with Crippen LogP contribution in [-0.4, -0.2) is 33.3 Å². The van der Waals surface area contributed by atoms with E-state index < -0.39 is 34.9 Å². The van der Waals surface area contributed by atoms with Crippen molar-refractivity contribution >= 4 is 33.4 Å². The van der Waals surface area contributed by atoms with Crippen LogP contribution in [0.4, 0.5) is 0 Å². The van der Waals surface area contributed by atoms with Crippen LogP contribution in [0, 0.1) is 0 Å². The summed E-state index contributed by atoms with van der Waals surface area (Å²) < 4.78 is 30.7. The summed E-state index contributed by atoms with van der Waals surface area (Å²) in [5, 5.41) is 0.485. The van der Waals surface area contributed by atoms with Crippen molar-refractivity contribution < 1.29 is 22.7 Å². The van der Waals surface area contributed by atoms with E-state index in [9.17, 15) is 18.0 Å². The number of halogens is 1. The average Bonchev–Trinajstić information content (AvgIpc) is 2.59. The number of carbonyl (C=O) groups excluding carboxylic acids is 2. The van der Waals surface area contributed by atoms with Crippen LogP contribution in [0.2, 0.25) is 5.02 Å². The minimum Gasteiger partial charge on any atom is -0.456 e. The second kappa shape index (κ2) is 8.05. The Bertz CT molecular complexity index is 819. The smallest absolute Gasteiger partial charge is 0.321 e. The second-order valence-electron chi connectivity index (χ2n) is 4.73. The Kier molecular flexibility index (Phi) is 6.08. The van der Waals surface area contributed by atoms with Gasteiger partial charge in [-0.3, -0.25) is 9.59 Å². The number of carbonyl (C=O) groups is 2. The highest BCUT2D eigenvalue weighted by molar-refractivity contribution is 7.89. The predicted molar refractivity (Wildman–Crippen MR) is 88.4 cm³/mol. The van der Waals surface area contributed by atoms with Gasteiger partial charge in [0.25, 0.3) is 0 Å². The molecule has 0 aliphatic carbocycles. The Morgan fingerprint density at radius 1 is 1.00 bits per heavy atom. The van der Waals surface area contributed by atoms with Gasteiger partial charge in [-0.05, 0) is 36.4 Å². The third-order valence-corrected chi connectivity index (χ3v) is 4.66. The van der Waals surface area contributed by atoms with Crippen molar-refractivity contribution in [2.75, 3.05) is 13.2 Å². The molecular weight excluding hydrogens is 354 g/mol. The average molecular weight is 368 g/mol. The standard InChI is InChI=1S/C16H14ClNO5S/c17-13-8-6-12(7-9-13)15(19)11-23-16(20)10-18-24(21,22)14-4-2-1-3-5-14/h1-9,18H,10-11H2. The number of hydrogen-bond donors (Lipinski definition) is 1. The quantitative estimate of drug-likeness (QED) is 0.597. The highest BCUT2D eigenvalue weighted by Crippen LogP contribution is 2.10. The summed E-state index contributed by atoms with van der Waals surface area (Å²) >= 11 is 5.72. The van der Waals surface area contributed by atoms with Crippen molar-refractivity contribution in [2.24, 2.45) is 0 Å². The lowest BCUT2D eigenvalue weighted by molar-refractivity contribution is -0.141. The van der Waals surface area contributed by atoms with Crippen LogP contribution in [0.5, 0.6) is 0 Å². The summed E-state index contributed by atoms with van der Waals surface area (Å²) in [4.78, 5) is 23.4. The number of rotatable bonds is 7. The molecule has 0 aliphatic rings. The van der Waals surface area contributed by atoms with Gasteiger partial charge in [0.2, 0.25) is 10.0 Å². The first-order chi connectivity index (χ1) is 11.4. The molecule has 1 N–H and O–H groups in total. The van der Waals surface area contributed by atoms with Crippen LogP contribution in [0.3, 0.4) is 0 Å². The molecule has 0 aromatic heterocycles.